The van der Waals surface area contributed by atoms with Crippen LogP contribution in [-0.2, 0) is 0 Å². The third-order valence-corrected chi connectivity index (χ3v) is 5.16. The maximum atomic E-state index is 12.5. The number of hydrogen-bond acceptors (Lipinski definition) is 6. The van der Waals surface area contributed by atoms with Crippen molar-refractivity contribution in [1.82, 2.24) is 5.32 Å². The van der Waals surface area contributed by atoms with Crippen molar-refractivity contribution in [2.45, 2.75) is 12.8 Å². The molecule has 0 radical (unpaired) electrons. The van der Waals surface area contributed by atoms with Crippen LogP contribution in [0.2, 0.25) is 10.0 Å². The lowest BCUT2D eigenvalue weighted by Crippen LogP contribution is -2.34. The summed E-state index contributed by atoms with van der Waals surface area (Å²) in [6.45, 7) is 1.50. The van der Waals surface area contributed by atoms with Gasteiger partial charge in [-0.2, -0.15) is 0 Å². The topological polar surface area (TPSA) is 108 Å². The van der Waals surface area contributed by atoms with Crippen LogP contribution in [0.25, 0.3) is 0 Å². The monoisotopic (exact) mass is 454 g/mol. The molecule has 1 fully saturated rings. The summed E-state index contributed by atoms with van der Waals surface area (Å²) in [5, 5.41) is 26.2. The Hall–Kier alpha value is -2.62. The van der Waals surface area contributed by atoms with Gasteiger partial charge in [0.25, 0.3) is 11.6 Å². The van der Waals surface area contributed by atoms with Crippen LogP contribution in [-0.4, -0.2) is 34.1 Å². The maximum absolute atomic E-state index is 12.5. The zero-order chi connectivity index (χ0) is 21.1. The lowest BCUT2D eigenvalue weighted by Gasteiger charge is -2.18. The molecule has 1 aliphatic rings. The Morgan fingerprint density at radius 1 is 1.17 bits per heavy atom. The number of phenolic OH excluding ortho intramolecular Hbond substituents is 1. The summed E-state index contributed by atoms with van der Waals surface area (Å²) in [4.78, 5) is 25.4. The van der Waals surface area contributed by atoms with E-state index in [2.05, 4.69) is 10.6 Å². The molecule has 0 atom stereocenters. The molecular weight excluding hydrogens is 439 g/mol. The second kappa shape index (κ2) is 8.81. The fourth-order valence-corrected chi connectivity index (χ4v) is 3.71. The van der Waals surface area contributed by atoms with E-state index in [1.807, 2.05) is 4.90 Å². The van der Waals surface area contributed by atoms with Gasteiger partial charge in [0.2, 0.25) is 0 Å². The average molecular weight is 455 g/mol. The third-order valence-electron chi connectivity index (χ3n) is 4.38. The minimum atomic E-state index is -0.602. The minimum Gasteiger partial charge on any atom is -0.505 e. The molecule has 11 heteroatoms. The largest absolute Gasteiger partial charge is 0.505 e. The zero-order valence-electron chi connectivity index (χ0n) is 14.9. The number of rotatable bonds is 4. The molecule has 2 aromatic rings. The van der Waals surface area contributed by atoms with E-state index in [1.165, 1.54) is 24.3 Å². The van der Waals surface area contributed by atoms with Crippen molar-refractivity contribution < 1.29 is 14.8 Å². The van der Waals surface area contributed by atoms with Crippen molar-refractivity contribution in [2.24, 2.45) is 0 Å². The Morgan fingerprint density at radius 2 is 1.79 bits per heavy atom. The van der Waals surface area contributed by atoms with Gasteiger partial charge in [-0.05, 0) is 49.3 Å². The number of thiocarbonyl (C=S) groups is 1. The highest BCUT2D eigenvalue weighted by atomic mass is 35.5. The SMILES string of the molecule is O=C(NC(=S)Nc1cc(Cl)c(O)c(Cl)c1)c1ccc(N2CCCC2)c([N+](=O)[O-])c1. The maximum Gasteiger partial charge on any atom is 0.293 e. The first-order chi connectivity index (χ1) is 13.8. The van der Waals surface area contributed by atoms with Gasteiger partial charge in [-0.1, -0.05) is 23.2 Å². The molecule has 0 spiro atoms. The van der Waals surface area contributed by atoms with E-state index in [1.54, 1.807) is 6.07 Å². The van der Waals surface area contributed by atoms with E-state index >= 15 is 0 Å². The number of hydrogen-bond donors (Lipinski definition) is 3. The van der Waals surface area contributed by atoms with Crippen LogP contribution in [0.15, 0.2) is 30.3 Å². The number of carbonyl (C=O) groups is 1. The number of nitrogens with zero attached hydrogens (tertiary/aromatic N) is 2. The summed E-state index contributed by atoms with van der Waals surface area (Å²) < 4.78 is 0. The normalized spacial score (nSPS) is 13.2. The predicted octanol–water partition coefficient (Wildman–Crippen LogP) is 4.33. The Balaban J connectivity index is 1.74. The molecule has 0 bridgehead atoms. The molecule has 1 aliphatic heterocycles. The van der Waals surface area contributed by atoms with Gasteiger partial charge < -0.3 is 15.3 Å². The highest BCUT2D eigenvalue weighted by Crippen LogP contribution is 2.35. The van der Waals surface area contributed by atoms with E-state index in [4.69, 9.17) is 35.4 Å². The number of nitro groups is 1. The number of anilines is 2. The van der Waals surface area contributed by atoms with Crippen molar-refractivity contribution in [1.29, 1.82) is 0 Å². The number of phenols is 1. The highest BCUT2D eigenvalue weighted by Gasteiger charge is 2.24. The van der Waals surface area contributed by atoms with Gasteiger partial charge in [0, 0.05) is 30.4 Å². The van der Waals surface area contributed by atoms with Crippen molar-refractivity contribution in [2.75, 3.05) is 23.3 Å². The first-order valence-corrected chi connectivity index (χ1v) is 9.76. The van der Waals surface area contributed by atoms with Crippen LogP contribution in [0.3, 0.4) is 0 Å². The van der Waals surface area contributed by atoms with Gasteiger partial charge in [-0.3, -0.25) is 20.2 Å². The van der Waals surface area contributed by atoms with Gasteiger partial charge in [-0.15, -0.1) is 0 Å². The number of benzene rings is 2. The van der Waals surface area contributed by atoms with Crippen LogP contribution >= 0.6 is 35.4 Å². The quantitative estimate of drug-likeness (QED) is 0.273. The molecule has 3 rings (SSSR count). The molecule has 8 nitrogen and oxygen atoms in total. The fourth-order valence-electron chi connectivity index (χ4n) is 3.01. The number of halogens is 2. The van der Waals surface area contributed by atoms with Crippen LogP contribution in [0, 0.1) is 10.1 Å². The van der Waals surface area contributed by atoms with E-state index < -0.39 is 10.8 Å². The van der Waals surface area contributed by atoms with Gasteiger partial charge in [0.1, 0.15) is 5.69 Å². The summed E-state index contributed by atoms with van der Waals surface area (Å²) >= 11 is 16.8. The summed E-state index contributed by atoms with van der Waals surface area (Å²) in [7, 11) is 0. The van der Waals surface area contributed by atoms with E-state index in [-0.39, 0.29) is 32.2 Å². The average Bonchev–Trinajstić information content (AvgIpc) is 3.20. The van der Waals surface area contributed by atoms with Crippen molar-refractivity contribution in [3.05, 3.63) is 56.1 Å². The van der Waals surface area contributed by atoms with Crippen molar-refractivity contribution in [3.63, 3.8) is 0 Å². The van der Waals surface area contributed by atoms with Gasteiger partial charge in [-0.25, -0.2) is 0 Å². The van der Waals surface area contributed by atoms with Crippen LogP contribution in [0.1, 0.15) is 23.2 Å². The Labute approximate surface area is 181 Å². The second-order valence-electron chi connectivity index (χ2n) is 6.35. The Bertz CT molecular complexity index is 973. The zero-order valence-corrected chi connectivity index (χ0v) is 17.3. The molecule has 1 saturated heterocycles. The Kier molecular flexibility index (Phi) is 6.41. The molecule has 0 aromatic heterocycles. The third kappa shape index (κ3) is 4.87. The molecule has 152 valence electrons. The summed E-state index contributed by atoms with van der Waals surface area (Å²) in [5.41, 5.74) is 0.831. The summed E-state index contributed by atoms with van der Waals surface area (Å²) in [5.74, 6) is -0.867. The van der Waals surface area contributed by atoms with Crippen molar-refractivity contribution in [3.8, 4) is 5.75 Å². The molecule has 2 aromatic carbocycles. The molecule has 0 saturated carbocycles. The van der Waals surface area contributed by atoms with Gasteiger partial charge in [0.15, 0.2) is 10.9 Å². The van der Waals surface area contributed by atoms with Gasteiger partial charge >= 0.3 is 0 Å². The van der Waals surface area contributed by atoms with E-state index in [0.29, 0.717) is 11.4 Å². The van der Waals surface area contributed by atoms with Gasteiger partial charge in [0.05, 0.1) is 15.0 Å². The first-order valence-electron chi connectivity index (χ1n) is 8.60. The van der Waals surface area contributed by atoms with Crippen LogP contribution in [0.4, 0.5) is 17.1 Å². The number of aromatic hydroxyl groups is 1. The van der Waals surface area contributed by atoms with Crippen molar-refractivity contribution >= 4 is 63.5 Å². The predicted molar refractivity (Wildman–Crippen MR) is 116 cm³/mol. The number of nitro benzene ring substituents is 1. The smallest absolute Gasteiger partial charge is 0.293 e. The lowest BCUT2D eigenvalue weighted by atomic mass is 10.1. The number of amides is 1. The molecular formula is C18H16Cl2N4O4S. The molecule has 1 heterocycles. The second-order valence-corrected chi connectivity index (χ2v) is 7.57. The minimum absolute atomic E-state index is 0.0160. The number of carbonyl (C=O) groups excluding carboxylic acids is 1. The summed E-state index contributed by atoms with van der Waals surface area (Å²) in [6, 6.07) is 7.11. The summed E-state index contributed by atoms with van der Waals surface area (Å²) in [6.07, 6.45) is 1.95. The fraction of sp³-hybridized carbons (Fsp3) is 0.222. The molecule has 0 unspecified atom stereocenters. The van der Waals surface area contributed by atoms with Crippen LogP contribution < -0.4 is 15.5 Å². The molecule has 3 N–H and O–H groups in total. The van der Waals surface area contributed by atoms with E-state index in [9.17, 15) is 20.0 Å². The highest BCUT2D eigenvalue weighted by molar-refractivity contribution is 7.80. The molecule has 0 aliphatic carbocycles. The number of nitrogens with one attached hydrogen (secondary N) is 2. The first kappa shape index (κ1) is 21.1. The molecule has 29 heavy (non-hydrogen) atoms. The van der Waals surface area contributed by atoms with E-state index in [0.717, 1.165) is 25.9 Å². The standard InChI is InChI=1S/C18H16Cl2N4O4S/c19-12-8-11(9-13(20)16(12)25)21-18(29)22-17(26)10-3-4-14(15(7-10)24(27)28)23-5-1-2-6-23/h3-4,7-9,25H,1-2,5-6H2,(H2,21,22,26,29). The molecule has 1 amide bonds. The lowest BCUT2D eigenvalue weighted by molar-refractivity contribution is -0.384. The Morgan fingerprint density at radius 3 is 2.38 bits per heavy atom. The van der Waals surface area contributed by atoms with Crippen LogP contribution in [0.5, 0.6) is 5.75 Å².